The van der Waals surface area contributed by atoms with Crippen molar-refractivity contribution < 1.29 is 20.4 Å². The van der Waals surface area contributed by atoms with Crippen LogP contribution in [-0.2, 0) is 10.8 Å². The molecule has 0 spiro atoms. The van der Waals surface area contributed by atoms with Crippen LogP contribution in [0.4, 0.5) is 0 Å². The Morgan fingerprint density at radius 1 is 0.429 bits per heavy atom. The van der Waals surface area contributed by atoms with Gasteiger partial charge in [0.25, 0.3) is 0 Å². The molecular formula is C56H42O4S3. The molecule has 63 heavy (non-hydrogen) atoms. The fraction of sp³-hybridized carbons (Fsp3) is 0.0714. The first-order chi connectivity index (χ1) is 30.4. The summed E-state index contributed by atoms with van der Waals surface area (Å²) in [5, 5.41) is 48.6. The number of aromatic hydroxyl groups is 4. The Kier molecular flexibility index (Phi) is 10.1. The lowest BCUT2D eigenvalue weighted by Crippen LogP contribution is -2.29. The maximum absolute atomic E-state index is 10.1. The molecule has 0 saturated carbocycles. The van der Waals surface area contributed by atoms with Gasteiger partial charge in [0.05, 0.1) is 0 Å². The summed E-state index contributed by atoms with van der Waals surface area (Å²) in [6, 6.07) is 59.6. The minimum Gasteiger partial charge on any atom is -0.508 e. The van der Waals surface area contributed by atoms with Gasteiger partial charge in [-0.2, -0.15) is 0 Å². The molecule has 4 N–H and O–H groups in total. The van der Waals surface area contributed by atoms with Gasteiger partial charge in [0, 0.05) is 30.4 Å². The lowest BCUT2D eigenvalue weighted by molar-refractivity contribution is 0.475. The van der Waals surface area contributed by atoms with Gasteiger partial charge >= 0.3 is 0 Å². The molecule has 0 amide bonds. The molecule has 0 bridgehead atoms. The van der Waals surface area contributed by atoms with Crippen LogP contribution in [0.5, 0.6) is 23.0 Å². The highest BCUT2D eigenvalue weighted by atomic mass is 32.2. The number of benzene rings is 10. The third kappa shape index (κ3) is 6.74. The van der Waals surface area contributed by atoms with Gasteiger partial charge in [-0.3, -0.25) is 0 Å². The molecular weight excluding hydrogens is 833 g/mol. The number of hydrogen-bond acceptors (Lipinski definition) is 7. The number of thiol groups is 2. The quantitative estimate of drug-likeness (QED) is 0.0784. The summed E-state index contributed by atoms with van der Waals surface area (Å²) in [5.74, 6) is 1.01. The van der Waals surface area contributed by atoms with E-state index in [-0.39, 0.29) is 23.0 Å². The molecule has 10 aromatic carbocycles. The van der Waals surface area contributed by atoms with Crippen molar-refractivity contribution in [3.63, 3.8) is 0 Å². The van der Waals surface area contributed by atoms with E-state index in [0.29, 0.717) is 0 Å². The second-order valence-corrected chi connectivity index (χ2v) is 18.6. The van der Waals surface area contributed by atoms with Crippen LogP contribution >= 0.6 is 37.0 Å². The van der Waals surface area contributed by atoms with Crippen molar-refractivity contribution in [3.8, 4) is 23.0 Å². The molecule has 11 rings (SSSR count). The second kappa shape index (κ2) is 15.7. The van der Waals surface area contributed by atoms with Gasteiger partial charge in [0.1, 0.15) is 23.0 Å². The lowest BCUT2D eigenvalue weighted by atomic mass is 9.68. The maximum atomic E-state index is 10.1. The number of phenolic OH excluding ortho intramolecular Hbond substituents is 4. The number of phenols is 4. The summed E-state index contributed by atoms with van der Waals surface area (Å²) in [5.41, 5.74) is 5.92. The fourth-order valence-corrected chi connectivity index (χ4v) is 12.1. The fourth-order valence-electron chi connectivity index (χ4n) is 9.95. The summed E-state index contributed by atoms with van der Waals surface area (Å²) in [4.78, 5) is 4.18. The van der Waals surface area contributed by atoms with E-state index in [1.165, 1.54) is 26.5 Å². The highest BCUT2D eigenvalue weighted by Gasteiger charge is 2.41. The van der Waals surface area contributed by atoms with Crippen molar-refractivity contribution >= 4 is 80.1 Å². The largest absolute Gasteiger partial charge is 0.508 e. The molecule has 0 fully saturated rings. The smallest absolute Gasteiger partial charge is 0.116 e. The topological polar surface area (TPSA) is 80.9 Å². The molecule has 308 valence electrons. The molecule has 0 aliphatic carbocycles. The summed E-state index contributed by atoms with van der Waals surface area (Å²) >= 11 is 11.6. The van der Waals surface area contributed by atoms with Crippen LogP contribution in [-0.4, -0.2) is 20.4 Å². The van der Waals surface area contributed by atoms with Crippen LogP contribution in [0.15, 0.2) is 202 Å². The summed E-state index contributed by atoms with van der Waals surface area (Å²) < 4.78 is 0. The SMILES string of the molecule is CC(c1ccccc1)(c1c(S)ccc2cc(O)ccc12)c1c(S)ccc2cc(O)ccc12.CC1(c2ccccc2)c2c(ccc3cc(O)ccc23)Sc2ccc3cc(O)ccc3c21. The normalized spacial score (nSPS) is 13.1. The molecule has 10 aromatic rings. The minimum absolute atomic E-state index is 0.229. The molecule has 1 aliphatic rings. The van der Waals surface area contributed by atoms with E-state index in [4.69, 9.17) is 25.3 Å². The molecule has 1 heterocycles. The highest BCUT2D eigenvalue weighted by Crippen LogP contribution is 2.57. The Bertz CT molecular complexity index is 3240. The predicted molar refractivity (Wildman–Crippen MR) is 265 cm³/mol. The van der Waals surface area contributed by atoms with E-state index >= 15 is 0 Å². The molecule has 0 aromatic heterocycles. The molecule has 4 nitrogen and oxygen atoms in total. The highest BCUT2D eigenvalue weighted by molar-refractivity contribution is 7.99. The molecule has 1 aliphatic heterocycles. The van der Waals surface area contributed by atoms with Crippen molar-refractivity contribution in [1.82, 2.24) is 0 Å². The number of hydrogen-bond donors (Lipinski definition) is 6. The van der Waals surface area contributed by atoms with Gasteiger partial charge in [0.2, 0.25) is 0 Å². The van der Waals surface area contributed by atoms with E-state index < -0.39 is 10.8 Å². The summed E-state index contributed by atoms with van der Waals surface area (Å²) in [7, 11) is 0. The van der Waals surface area contributed by atoms with Crippen molar-refractivity contribution in [2.45, 2.75) is 44.3 Å². The third-order valence-corrected chi connectivity index (χ3v) is 14.7. The Morgan fingerprint density at radius 3 is 1.22 bits per heavy atom. The van der Waals surface area contributed by atoms with Crippen LogP contribution in [0.3, 0.4) is 0 Å². The van der Waals surface area contributed by atoms with Gasteiger partial charge in [-0.1, -0.05) is 121 Å². The Hall–Kier alpha value is -6.51. The summed E-state index contributed by atoms with van der Waals surface area (Å²) in [6.45, 7) is 4.50. The van der Waals surface area contributed by atoms with Crippen LogP contribution in [0, 0.1) is 0 Å². The number of fused-ring (bicyclic) bond motifs is 8. The van der Waals surface area contributed by atoms with Gasteiger partial charge in [-0.15, -0.1) is 25.3 Å². The Balaban J connectivity index is 0.000000150. The standard InChI is InChI=1S/C28H22O2S2.C28H20O2S/c1-28(19-5-3-2-4-6-19,26-22-11-9-20(29)15-17(22)7-13-24(26)31)27-23-12-10-21(30)16-18(23)8-14-25(27)32;1-28(19-5-3-2-4-6-19)26-22-11-9-20(29)15-17(22)7-13-24(26)31-25-14-8-18-16-21(30)10-12-23(18)27(25)28/h2-16,29-32H,1H3;2-16,29-30H,1H3. The molecule has 0 unspecified atom stereocenters. The average molecular weight is 875 g/mol. The Morgan fingerprint density at radius 2 is 0.794 bits per heavy atom. The zero-order chi connectivity index (χ0) is 43.6. The van der Waals surface area contributed by atoms with Crippen LogP contribution in [0.1, 0.15) is 47.2 Å². The van der Waals surface area contributed by atoms with E-state index in [1.54, 1.807) is 48.2 Å². The molecule has 0 saturated heterocycles. The summed E-state index contributed by atoms with van der Waals surface area (Å²) in [6.07, 6.45) is 0. The maximum Gasteiger partial charge on any atom is 0.116 e. The first kappa shape index (κ1) is 40.6. The van der Waals surface area contributed by atoms with Crippen LogP contribution in [0.25, 0.3) is 43.1 Å². The Labute approximate surface area is 381 Å². The monoisotopic (exact) mass is 874 g/mol. The van der Waals surface area contributed by atoms with Crippen LogP contribution in [0.2, 0.25) is 0 Å². The first-order valence-electron chi connectivity index (χ1n) is 20.7. The molecule has 0 atom stereocenters. The van der Waals surface area contributed by atoms with Crippen molar-refractivity contribution in [2.75, 3.05) is 0 Å². The molecule has 0 radical (unpaired) electrons. The van der Waals surface area contributed by atoms with Gasteiger partial charge < -0.3 is 20.4 Å². The van der Waals surface area contributed by atoms with Gasteiger partial charge in [0.15, 0.2) is 0 Å². The lowest BCUT2D eigenvalue weighted by Gasteiger charge is -2.40. The number of rotatable bonds is 4. The third-order valence-electron chi connectivity index (χ3n) is 12.8. The van der Waals surface area contributed by atoms with E-state index in [2.05, 4.69) is 80.6 Å². The van der Waals surface area contributed by atoms with Gasteiger partial charge in [-0.05, 0) is 163 Å². The minimum atomic E-state index is -0.609. The van der Waals surface area contributed by atoms with E-state index in [9.17, 15) is 20.4 Å². The average Bonchev–Trinajstić information content (AvgIpc) is 3.29. The first-order valence-corrected chi connectivity index (χ1v) is 22.4. The van der Waals surface area contributed by atoms with E-state index in [1.807, 2.05) is 78.9 Å². The van der Waals surface area contributed by atoms with Gasteiger partial charge in [-0.25, -0.2) is 0 Å². The van der Waals surface area contributed by atoms with Crippen molar-refractivity contribution in [3.05, 3.63) is 215 Å². The van der Waals surface area contributed by atoms with E-state index in [0.717, 1.165) is 69.6 Å². The van der Waals surface area contributed by atoms with Crippen LogP contribution < -0.4 is 0 Å². The zero-order valence-electron chi connectivity index (χ0n) is 34.4. The van der Waals surface area contributed by atoms with Crippen molar-refractivity contribution in [2.24, 2.45) is 0 Å². The zero-order valence-corrected chi connectivity index (χ0v) is 37.0. The predicted octanol–water partition coefficient (Wildman–Crippen LogP) is 14.6. The molecule has 7 heteroatoms. The van der Waals surface area contributed by atoms with Crippen molar-refractivity contribution in [1.29, 1.82) is 0 Å². The second-order valence-electron chi connectivity index (χ2n) is 16.5.